The number of methoxy groups -OCH3 is 2. The van der Waals surface area contributed by atoms with Crippen molar-refractivity contribution in [2.24, 2.45) is 5.73 Å². The van der Waals surface area contributed by atoms with Gasteiger partial charge in [-0.3, -0.25) is 0 Å². The smallest absolute Gasteiger partial charge is 0.353 e. The van der Waals surface area contributed by atoms with E-state index in [0.29, 0.717) is 5.56 Å². The van der Waals surface area contributed by atoms with E-state index in [-0.39, 0.29) is 11.7 Å². The van der Waals surface area contributed by atoms with Crippen LogP contribution in [0.2, 0.25) is 0 Å². The molecule has 6 heteroatoms. The van der Waals surface area contributed by atoms with Crippen LogP contribution in [-0.2, 0) is 9.53 Å². The van der Waals surface area contributed by atoms with Gasteiger partial charge in [-0.15, -0.1) is 0 Å². The lowest BCUT2D eigenvalue weighted by Gasteiger charge is -1.99. The molecule has 0 spiro atoms. The highest BCUT2D eigenvalue weighted by Gasteiger charge is 2.04. The van der Waals surface area contributed by atoms with Crippen LogP contribution in [-0.4, -0.2) is 30.2 Å². The normalized spacial score (nSPS) is 10.9. The first-order chi connectivity index (χ1) is 7.17. The van der Waals surface area contributed by atoms with Crippen LogP contribution < -0.4 is 10.5 Å². The highest BCUT2D eigenvalue weighted by molar-refractivity contribution is 5.92. The van der Waals surface area contributed by atoms with Crippen LogP contribution in [0.15, 0.2) is 18.1 Å². The summed E-state index contributed by atoms with van der Waals surface area (Å²) in [6, 6.07) is 0.254. The maximum atomic E-state index is 11.0. The van der Waals surface area contributed by atoms with Gasteiger partial charge in [0.05, 0.1) is 14.2 Å². The first kappa shape index (κ1) is 11.0. The minimum Gasteiger partial charge on any atom is -0.467 e. The summed E-state index contributed by atoms with van der Waals surface area (Å²) < 4.78 is 9.21. The molecule has 0 atom stereocenters. The van der Waals surface area contributed by atoms with Crippen molar-refractivity contribution in [3.63, 3.8) is 0 Å². The molecule has 80 valence electrons. The van der Waals surface area contributed by atoms with Crippen LogP contribution in [0.5, 0.6) is 6.01 Å². The first-order valence-electron chi connectivity index (χ1n) is 4.09. The Labute approximate surface area is 86.7 Å². The number of nitrogens with zero attached hydrogens (tertiary/aromatic N) is 2. The summed E-state index contributed by atoms with van der Waals surface area (Å²) in [5.74, 6) is -0.592. The molecule has 0 saturated carbocycles. The molecule has 2 N–H and O–H groups in total. The van der Waals surface area contributed by atoms with Crippen molar-refractivity contribution in [2.75, 3.05) is 14.2 Å². The second-order valence-corrected chi connectivity index (χ2v) is 2.59. The van der Waals surface area contributed by atoms with E-state index in [1.807, 2.05) is 0 Å². The molecular formula is C9H11N3O3. The molecule has 0 aliphatic carbocycles. The number of carbonyl (C=O) groups is 1. The van der Waals surface area contributed by atoms with Crippen molar-refractivity contribution < 1.29 is 14.3 Å². The summed E-state index contributed by atoms with van der Waals surface area (Å²) in [6.07, 6.45) is 4.40. The fourth-order valence-corrected chi connectivity index (χ4v) is 0.862. The van der Waals surface area contributed by atoms with E-state index >= 15 is 0 Å². The zero-order valence-corrected chi connectivity index (χ0v) is 8.43. The Hall–Kier alpha value is -2.11. The second kappa shape index (κ2) is 4.94. The predicted molar refractivity (Wildman–Crippen MR) is 52.8 cm³/mol. The summed E-state index contributed by atoms with van der Waals surface area (Å²) >= 11 is 0. The van der Waals surface area contributed by atoms with Crippen molar-refractivity contribution in [2.45, 2.75) is 0 Å². The second-order valence-electron chi connectivity index (χ2n) is 2.59. The predicted octanol–water partition coefficient (Wildman–Crippen LogP) is -0.0422. The highest BCUT2D eigenvalue weighted by atomic mass is 16.5. The monoisotopic (exact) mass is 209 g/mol. The average Bonchev–Trinajstić information content (AvgIpc) is 2.29. The van der Waals surface area contributed by atoms with Crippen LogP contribution in [0.4, 0.5) is 0 Å². The van der Waals surface area contributed by atoms with E-state index in [4.69, 9.17) is 10.5 Å². The quantitative estimate of drug-likeness (QED) is 0.555. The van der Waals surface area contributed by atoms with Gasteiger partial charge in [-0.25, -0.2) is 14.8 Å². The molecule has 15 heavy (non-hydrogen) atoms. The van der Waals surface area contributed by atoms with E-state index in [9.17, 15) is 4.79 Å². The van der Waals surface area contributed by atoms with E-state index in [0.717, 1.165) is 0 Å². The number of ether oxygens (including phenoxy) is 2. The average molecular weight is 209 g/mol. The molecule has 1 heterocycles. The van der Waals surface area contributed by atoms with E-state index in [2.05, 4.69) is 14.7 Å². The number of esters is 1. The van der Waals surface area contributed by atoms with E-state index in [1.54, 1.807) is 0 Å². The molecule has 1 aromatic rings. The summed E-state index contributed by atoms with van der Waals surface area (Å²) in [5, 5.41) is 0. The fourth-order valence-electron chi connectivity index (χ4n) is 0.862. The van der Waals surface area contributed by atoms with E-state index < -0.39 is 5.97 Å². The molecular weight excluding hydrogens is 198 g/mol. The zero-order chi connectivity index (χ0) is 11.3. The molecule has 0 amide bonds. The Morgan fingerprint density at radius 3 is 2.47 bits per heavy atom. The number of carbonyl (C=O) groups excluding carboxylic acids is 1. The molecule has 0 aromatic carbocycles. The minimum atomic E-state index is -0.592. The van der Waals surface area contributed by atoms with Gasteiger partial charge in [-0.2, -0.15) is 0 Å². The third-order valence-corrected chi connectivity index (χ3v) is 1.57. The summed E-state index contributed by atoms with van der Waals surface area (Å²) in [4.78, 5) is 18.7. The lowest BCUT2D eigenvalue weighted by Crippen LogP contribution is -2.12. The van der Waals surface area contributed by atoms with Gasteiger partial charge in [-0.1, -0.05) is 0 Å². The Morgan fingerprint density at radius 1 is 1.40 bits per heavy atom. The third-order valence-electron chi connectivity index (χ3n) is 1.57. The molecule has 6 nitrogen and oxygen atoms in total. The van der Waals surface area contributed by atoms with Gasteiger partial charge in [0, 0.05) is 18.0 Å². The van der Waals surface area contributed by atoms with E-state index in [1.165, 1.54) is 32.7 Å². The van der Waals surface area contributed by atoms with Crippen molar-refractivity contribution in [3.8, 4) is 6.01 Å². The Morgan fingerprint density at radius 2 is 2.00 bits per heavy atom. The highest BCUT2D eigenvalue weighted by Crippen LogP contribution is 2.05. The minimum absolute atomic E-state index is 0.00809. The number of hydrogen-bond acceptors (Lipinski definition) is 6. The summed E-state index contributed by atoms with van der Waals surface area (Å²) in [7, 11) is 2.72. The molecule has 0 radical (unpaired) electrons. The van der Waals surface area contributed by atoms with Crippen molar-refractivity contribution in [3.05, 3.63) is 23.7 Å². The lowest BCUT2D eigenvalue weighted by molar-refractivity contribution is -0.136. The van der Waals surface area contributed by atoms with Crippen molar-refractivity contribution in [1.29, 1.82) is 0 Å². The maximum absolute atomic E-state index is 11.0. The SMILES string of the molecule is COC(=O)/C(N)=C/c1cnc(OC)nc1. The van der Waals surface area contributed by atoms with Crippen LogP contribution in [0, 0.1) is 0 Å². The maximum Gasteiger partial charge on any atom is 0.353 e. The number of nitrogens with two attached hydrogens (primary N) is 1. The Bertz CT molecular complexity index is 373. The van der Waals surface area contributed by atoms with Crippen LogP contribution in [0.25, 0.3) is 6.08 Å². The summed E-state index contributed by atoms with van der Waals surface area (Å²) in [6.45, 7) is 0. The number of hydrogen-bond donors (Lipinski definition) is 1. The largest absolute Gasteiger partial charge is 0.467 e. The third kappa shape index (κ3) is 2.94. The Balaban J connectivity index is 2.84. The van der Waals surface area contributed by atoms with Gasteiger partial charge in [0.2, 0.25) is 0 Å². The number of rotatable bonds is 3. The van der Waals surface area contributed by atoms with Crippen molar-refractivity contribution in [1.82, 2.24) is 9.97 Å². The van der Waals surface area contributed by atoms with Gasteiger partial charge < -0.3 is 15.2 Å². The lowest BCUT2D eigenvalue weighted by atomic mass is 10.3. The van der Waals surface area contributed by atoms with Gasteiger partial charge >= 0.3 is 12.0 Å². The molecule has 0 fully saturated rings. The van der Waals surface area contributed by atoms with Crippen LogP contribution >= 0.6 is 0 Å². The van der Waals surface area contributed by atoms with Crippen LogP contribution in [0.3, 0.4) is 0 Å². The molecule has 0 saturated heterocycles. The standard InChI is InChI=1S/C9H11N3O3/c1-14-8(13)7(10)3-6-4-11-9(15-2)12-5-6/h3-5H,10H2,1-2H3/b7-3-. The fraction of sp³-hybridized carbons (Fsp3) is 0.222. The molecule has 0 aliphatic rings. The molecule has 1 aromatic heterocycles. The zero-order valence-electron chi connectivity index (χ0n) is 8.43. The van der Waals surface area contributed by atoms with Crippen LogP contribution in [0.1, 0.15) is 5.56 Å². The molecule has 0 bridgehead atoms. The first-order valence-corrected chi connectivity index (χ1v) is 4.09. The molecule has 0 unspecified atom stereocenters. The number of aromatic nitrogens is 2. The molecule has 0 aliphatic heterocycles. The van der Waals surface area contributed by atoms with Gasteiger partial charge in [-0.05, 0) is 6.08 Å². The van der Waals surface area contributed by atoms with Gasteiger partial charge in [0.15, 0.2) is 0 Å². The van der Waals surface area contributed by atoms with Gasteiger partial charge in [0.25, 0.3) is 0 Å². The van der Waals surface area contributed by atoms with Crippen molar-refractivity contribution >= 4 is 12.0 Å². The molecule has 1 rings (SSSR count). The summed E-state index contributed by atoms with van der Waals surface area (Å²) in [5.41, 5.74) is 6.02. The Kier molecular flexibility index (Phi) is 3.61. The topological polar surface area (TPSA) is 87.3 Å². The van der Waals surface area contributed by atoms with Gasteiger partial charge in [0.1, 0.15) is 5.70 Å².